The summed E-state index contributed by atoms with van der Waals surface area (Å²) in [5.74, 6) is -0.328. The van der Waals surface area contributed by atoms with Crippen LogP contribution in [-0.4, -0.2) is 35.4 Å². The number of aryl methyl sites for hydroxylation is 1. The first-order valence-corrected chi connectivity index (χ1v) is 6.20. The van der Waals surface area contributed by atoms with Gasteiger partial charge in [-0.1, -0.05) is 0 Å². The van der Waals surface area contributed by atoms with Crippen molar-refractivity contribution in [3.05, 3.63) is 48.8 Å². The first kappa shape index (κ1) is 14.4. The largest absolute Gasteiger partial charge is 0.433 e. The Bertz CT molecular complexity index is 1070. The molecular weight excluding hydrogens is 310 g/mol. The molecule has 0 aromatic carbocycles. The van der Waals surface area contributed by atoms with Crippen molar-refractivity contribution < 1.29 is 9.34 Å². The maximum atomic E-state index is 12.0. The summed E-state index contributed by atoms with van der Waals surface area (Å²) in [6.45, 7) is 0. The quantitative estimate of drug-likeness (QED) is 0.349. The van der Waals surface area contributed by atoms with E-state index in [1.54, 1.807) is 0 Å². The number of nitro groups is 1. The highest BCUT2D eigenvalue weighted by atomic mass is 16.6. The molecule has 0 fully saturated rings. The summed E-state index contributed by atoms with van der Waals surface area (Å²) < 4.78 is 6.98. The predicted molar refractivity (Wildman–Crippen MR) is 76.4 cm³/mol. The number of furan rings is 1. The smallest absolute Gasteiger partial charge is 0.400 e. The zero-order valence-electron chi connectivity index (χ0n) is 11.9. The Hall–Kier alpha value is -3.57. The molecule has 0 saturated carbocycles. The topological polar surface area (TPSA) is 143 Å². The average Bonchev–Trinajstić information content (AvgIpc) is 3.15. The van der Waals surface area contributed by atoms with Gasteiger partial charge in [0.15, 0.2) is 16.9 Å². The second-order valence-corrected chi connectivity index (χ2v) is 4.53. The van der Waals surface area contributed by atoms with Crippen LogP contribution in [0.4, 0.5) is 5.88 Å². The van der Waals surface area contributed by atoms with Gasteiger partial charge in [-0.2, -0.15) is 5.10 Å². The highest BCUT2D eigenvalue weighted by Gasteiger charge is 2.15. The molecule has 3 aromatic heterocycles. The molecule has 0 unspecified atom stereocenters. The third-order valence-corrected chi connectivity index (χ3v) is 3.12. The average molecular weight is 319 g/mol. The van der Waals surface area contributed by atoms with Crippen LogP contribution >= 0.6 is 0 Å². The van der Waals surface area contributed by atoms with Crippen LogP contribution in [0, 0.1) is 10.1 Å². The van der Waals surface area contributed by atoms with Crippen molar-refractivity contribution in [1.82, 2.24) is 24.2 Å². The molecule has 3 heterocycles. The van der Waals surface area contributed by atoms with Crippen LogP contribution in [0.5, 0.6) is 0 Å². The molecule has 3 rings (SSSR count). The lowest BCUT2D eigenvalue weighted by atomic mass is 10.5. The standard InChI is InChI=1S/C11H9N7O5/c1-15-9-8(10(19)16(2)11(15)20)13-14-17(9)12-5-6-3-4-7(23-6)18(21)22/h3-5H,1-2H3. The SMILES string of the molecule is Cn1c(=O)c2nnn(N=Cc3ccc([N+](=O)[O-])o3)c2n(C)c1=O. The summed E-state index contributed by atoms with van der Waals surface area (Å²) in [4.78, 5) is 34.7. The van der Waals surface area contributed by atoms with E-state index < -0.39 is 22.1 Å². The maximum Gasteiger partial charge on any atom is 0.433 e. The van der Waals surface area contributed by atoms with Gasteiger partial charge in [-0.05, 0) is 11.3 Å². The number of aromatic nitrogens is 5. The zero-order valence-corrected chi connectivity index (χ0v) is 11.9. The van der Waals surface area contributed by atoms with Crippen LogP contribution in [0.15, 0.2) is 31.2 Å². The molecule has 0 aliphatic rings. The van der Waals surface area contributed by atoms with Gasteiger partial charge in [0.1, 0.15) is 4.92 Å². The lowest BCUT2D eigenvalue weighted by Crippen LogP contribution is -2.37. The molecule has 0 N–H and O–H groups in total. The summed E-state index contributed by atoms with van der Waals surface area (Å²) in [5.41, 5.74) is -1.10. The first-order valence-electron chi connectivity index (χ1n) is 6.20. The summed E-state index contributed by atoms with van der Waals surface area (Å²) in [6.07, 6.45) is 1.16. The summed E-state index contributed by atoms with van der Waals surface area (Å²) in [6, 6.07) is 2.52. The van der Waals surface area contributed by atoms with Crippen molar-refractivity contribution in [3.8, 4) is 0 Å². The summed E-state index contributed by atoms with van der Waals surface area (Å²) in [5, 5.41) is 21.8. The highest BCUT2D eigenvalue weighted by molar-refractivity contribution is 5.77. The Labute approximate surface area is 126 Å². The molecule has 118 valence electrons. The van der Waals surface area contributed by atoms with Crippen LogP contribution in [-0.2, 0) is 14.1 Å². The van der Waals surface area contributed by atoms with Gasteiger partial charge in [-0.15, -0.1) is 9.89 Å². The Balaban J connectivity index is 2.10. The normalized spacial score (nSPS) is 11.6. The van der Waals surface area contributed by atoms with Gasteiger partial charge in [0, 0.05) is 14.1 Å². The van der Waals surface area contributed by atoms with Gasteiger partial charge in [0.25, 0.3) is 5.56 Å². The molecule has 12 nitrogen and oxygen atoms in total. The van der Waals surface area contributed by atoms with E-state index in [0.29, 0.717) is 0 Å². The van der Waals surface area contributed by atoms with Crippen molar-refractivity contribution in [2.45, 2.75) is 0 Å². The van der Waals surface area contributed by atoms with Crippen LogP contribution in [0.3, 0.4) is 0 Å². The Morgan fingerprint density at radius 3 is 2.70 bits per heavy atom. The summed E-state index contributed by atoms with van der Waals surface area (Å²) >= 11 is 0. The highest BCUT2D eigenvalue weighted by Crippen LogP contribution is 2.14. The van der Waals surface area contributed by atoms with E-state index >= 15 is 0 Å². The first-order chi connectivity index (χ1) is 10.9. The number of hydrogen-bond donors (Lipinski definition) is 0. The lowest BCUT2D eigenvalue weighted by molar-refractivity contribution is -0.402. The molecule has 23 heavy (non-hydrogen) atoms. The number of nitrogens with zero attached hydrogens (tertiary/aromatic N) is 7. The van der Waals surface area contributed by atoms with Gasteiger partial charge in [-0.25, -0.2) is 4.79 Å². The van der Waals surface area contributed by atoms with E-state index in [9.17, 15) is 19.7 Å². The molecule has 12 heteroatoms. The van der Waals surface area contributed by atoms with Gasteiger partial charge < -0.3 is 4.42 Å². The van der Waals surface area contributed by atoms with E-state index in [4.69, 9.17) is 4.42 Å². The van der Waals surface area contributed by atoms with E-state index in [2.05, 4.69) is 15.4 Å². The maximum absolute atomic E-state index is 12.0. The predicted octanol–water partition coefficient (Wildman–Crippen LogP) is -0.788. The van der Waals surface area contributed by atoms with Gasteiger partial charge in [0.2, 0.25) is 0 Å². The van der Waals surface area contributed by atoms with Crippen molar-refractivity contribution in [3.63, 3.8) is 0 Å². The Kier molecular flexibility index (Phi) is 3.13. The van der Waals surface area contributed by atoms with Crippen LogP contribution in [0.25, 0.3) is 11.2 Å². The third kappa shape index (κ3) is 2.21. The van der Waals surface area contributed by atoms with Crippen LogP contribution in [0.1, 0.15) is 5.76 Å². The summed E-state index contributed by atoms with van der Waals surface area (Å²) in [7, 11) is 2.77. The van der Waals surface area contributed by atoms with Gasteiger partial charge in [0.05, 0.1) is 12.3 Å². The molecule has 3 aromatic rings. The molecule has 0 saturated heterocycles. The fraction of sp³-hybridized carbons (Fsp3) is 0.182. The molecule has 0 radical (unpaired) electrons. The van der Waals surface area contributed by atoms with Gasteiger partial charge >= 0.3 is 11.6 Å². The minimum absolute atomic E-state index is 0.0304. The van der Waals surface area contributed by atoms with Crippen molar-refractivity contribution in [1.29, 1.82) is 0 Å². The molecule has 0 bridgehead atoms. The second-order valence-electron chi connectivity index (χ2n) is 4.53. The lowest BCUT2D eigenvalue weighted by Gasteiger charge is -2.02. The number of fused-ring (bicyclic) bond motifs is 1. The molecule has 0 aliphatic carbocycles. The Morgan fingerprint density at radius 1 is 1.30 bits per heavy atom. The minimum Gasteiger partial charge on any atom is -0.400 e. The van der Waals surface area contributed by atoms with Crippen LogP contribution in [0.2, 0.25) is 0 Å². The van der Waals surface area contributed by atoms with E-state index in [1.807, 2.05) is 0 Å². The molecule has 0 amide bonds. The molecular formula is C11H9N7O5. The van der Waals surface area contributed by atoms with Crippen molar-refractivity contribution in [2.24, 2.45) is 19.2 Å². The molecule has 0 aliphatic heterocycles. The van der Waals surface area contributed by atoms with E-state index in [0.717, 1.165) is 15.6 Å². The zero-order chi connectivity index (χ0) is 16.7. The molecule has 0 spiro atoms. The molecule has 0 atom stereocenters. The fourth-order valence-electron chi connectivity index (χ4n) is 1.96. The number of hydrogen-bond acceptors (Lipinski definition) is 8. The number of rotatable bonds is 3. The Morgan fingerprint density at radius 2 is 2.04 bits per heavy atom. The monoisotopic (exact) mass is 319 g/mol. The van der Waals surface area contributed by atoms with Gasteiger partial charge in [-0.3, -0.25) is 24.0 Å². The van der Waals surface area contributed by atoms with E-state index in [1.165, 1.54) is 30.8 Å². The van der Waals surface area contributed by atoms with E-state index in [-0.39, 0.29) is 16.9 Å². The van der Waals surface area contributed by atoms with Crippen molar-refractivity contribution in [2.75, 3.05) is 0 Å². The fourth-order valence-corrected chi connectivity index (χ4v) is 1.96. The minimum atomic E-state index is -0.685. The third-order valence-electron chi connectivity index (χ3n) is 3.12. The van der Waals surface area contributed by atoms with Crippen LogP contribution < -0.4 is 11.2 Å². The van der Waals surface area contributed by atoms with Crippen molar-refractivity contribution >= 4 is 23.3 Å². The second kappa shape index (κ2) is 5.01.